The highest BCUT2D eigenvalue weighted by molar-refractivity contribution is 5.92. The highest BCUT2D eigenvalue weighted by atomic mass is 16.5. The van der Waals surface area contributed by atoms with Crippen molar-refractivity contribution in [3.8, 4) is 17.2 Å². The quantitative estimate of drug-likeness (QED) is 0.595. The topological polar surface area (TPSA) is 87.3 Å². The van der Waals surface area contributed by atoms with Crippen LogP contribution in [0.25, 0.3) is 0 Å². The van der Waals surface area contributed by atoms with Crippen molar-refractivity contribution in [2.45, 2.75) is 32.4 Å². The number of rotatable bonds is 5. The van der Waals surface area contributed by atoms with Crippen molar-refractivity contribution in [1.29, 1.82) is 0 Å². The number of nitrogens with zero attached hydrogens (tertiary/aromatic N) is 1. The lowest BCUT2D eigenvalue weighted by Crippen LogP contribution is -2.22. The fourth-order valence-corrected chi connectivity index (χ4v) is 3.29. The Balaban J connectivity index is 1.43. The Bertz CT molecular complexity index is 878. The maximum Gasteiger partial charge on any atom is 0.193 e. The number of hydrogen-bond acceptors (Lipinski definition) is 5. The second-order valence-corrected chi connectivity index (χ2v) is 7.25. The summed E-state index contributed by atoms with van der Waals surface area (Å²) in [6, 6.07) is 11.8. The van der Waals surface area contributed by atoms with Crippen LogP contribution >= 0.6 is 0 Å². The molecule has 2 aromatic carbocycles. The lowest BCUT2D eigenvalue weighted by molar-refractivity contribution is 0.140. The van der Waals surface area contributed by atoms with Crippen LogP contribution < -0.4 is 25.3 Å². The maximum absolute atomic E-state index is 6.13. The van der Waals surface area contributed by atoms with Crippen molar-refractivity contribution in [2.75, 3.05) is 31.7 Å². The number of aliphatic imine (C=N–C) groups is 1. The SMILES string of the molecule is Cc1ccc(CN=C(N)Nc2ccc3c(c2)OCCCO3)c(OC2CCOC2)c1. The number of benzene rings is 2. The van der Waals surface area contributed by atoms with E-state index in [2.05, 4.69) is 16.4 Å². The molecular weight excluding hydrogens is 370 g/mol. The van der Waals surface area contributed by atoms with Crippen LogP contribution in [0.15, 0.2) is 41.4 Å². The van der Waals surface area contributed by atoms with Crippen molar-refractivity contribution < 1.29 is 18.9 Å². The van der Waals surface area contributed by atoms with E-state index in [1.807, 2.05) is 37.3 Å². The number of nitrogens with two attached hydrogens (primary N) is 1. The van der Waals surface area contributed by atoms with E-state index in [0.717, 1.165) is 47.8 Å². The Morgan fingerprint density at radius 1 is 1.14 bits per heavy atom. The number of fused-ring (bicyclic) bond motifs is 1. The van der Waals surface area contributed by atoms with Gasteiger partial charge in [-0.15, -0.1) is 0 Å². The molecule has 3 N–H and O–H groups in total. The van der Waals surface area contributed by atoms with Crippen LogP contribution in [0.5, 0.6) is 17.2 Å². The molecule has 0 aliphatic carbocycles. The number of anilines is 1. The van der Waals surface area contributed by atoms with Crippen molar-refractivity contribution >= 4 is 11.6 Å². The number of aryl methyl sites for hydroxylation is 1. The Morgan fingerprint density at radius 2 is 2.00 bits per heavy atom. The third-order valence-electron chi connectivity index (χ3n) is 4.84. The molecule has 0 saturated carbocycles. The number of ether oxygens (including phenoxy) is 4. The zero-order valence-electron chi connectivity index (χ0n) is 16.6. The lowest BCUT2D eigenvalue weighted by Gasteiger charge is -2.16. The van der Waals surface area contributed by atoms with Gasteiger partial charge in [-0.25, -0.2) is 4.99 Å². The molecule has 4 rings (SSSR count). The molecule has 2 aliphatic heterocycles. The minimum Gasteiger partial charge on any atom is -0.490 e. The Kier molecular flexibility index (Phi) is 6.05. The summed E-state index contributed by atoms with van der Waals surface area (Å²) in [5.41, 5.74) is 9.05. The Labute approximate surface area is 170 Å². The van der Waals surface area contributed by atoms with Crippen molar-refractivity contribution in [1.82, 2.24) is 0 Å². The summed E-state index contributed by atoms with van der Waals surface area (Å²) in [7, 11) is 0. The summed E-state index contributed by atoms with van der Waals surface area (Å²) < 4.78 is 22.9. The van der Waals surface area contributed by atoms with Gasteiger partial charge in [-0.1, -0.05) is 12.1 Å². The third-order valence-corrected chi connectivity index (χ3v) is 4.84. The van der Waals surface area contributed by atoms with E-state index < -0.39 is 0 Å². The van der Waals surface area contributed by atoms with Gasteiger partial charge in [0, 0.05) is 30.2 Å². The smallest absolute Gasteiger partial charge is 0.193 e. The minimum atomic E-state index is 0.0943. The highest BCUT2D eigenvalue weighted by Gasteiger charge is 2.18. The number of hydrogen-bond donors (Lipinski definition) is 2. The van der Waals surface area contributed by atoms with E-state index >= 15 is 0 Å². The monoisotopic (exact) mass is 397 g/mol. The van der Waals surface area contributed by atoms with Crippen LogP contribution in [0.2, 0.25) is 0 Å². The summed E-state index contributed by atoms with van der Waals surface area (Å²) >= 11 is 0. The molecule has 0 radical (unpaired) electrons. The summed E-state index contributed by atoms with van der Waals surface area (Å²) in [5, 5.41) is 3.12. The minimum absolute atomic E-state index is 0.0943. The molecule has 2 aliphatic rings. The van der Waals surface area contributed by atoms with Crippen LogP contribution in [-0.2, 0) is 11.3 Å². The van der Waals surface area contributed by atoms with Crippen molar-refractivity contribution in [3.63, 3.8) is 0 Å². The van der Waals surface area contributed by atoms with Crippen LogP contribution in [0, 0.1) is 6.92 Å². The van der Waals surface area contributed by atoms with E-state index in [9.17, 15) is 0 Å². The fourth-order valence-electron chi connectivity index (χ4n) is 3.29. The second kappa shape index (κ2) is 9.05. The van der Waals surface area contributed by atoms with Gasteiger partial charge in [-0.3, -0.25) is 0 Å². The number of guanidine groups is 1. The Hall–Kier alpha value is -2.93. The van der Waals surface area contributed by atoms with Gasteiger partial charge in [0.05, 0.1) is 33.0 Å². The summed E-state index contributed by atoms with van der Waals surface area (Å²) in [6.45, 7) is 5.15. The molecule has 1 saturated heterocycles. The predicted molar refractivity (Wildman–Crippen MR) is 112 cm³/mol. The lowest BCUT2D eigenvalue weighted by atomic mass is 10.1. The average molecular weight is 397 g/mol. The van der Waals surface area contributed by atoms with E-state index in [-0.39, 0.29) is 6.10 Å². The first-order valence-corrected chi connectivity index (χ1v) is 9.98. The summed E-state index contributed by atoms with van der Waals surface area (Å²) in [4.78, 5) is 4.49. The first-order valence-electron chi connectivity index (χ1n) is 9.98. The molecule has 29 heavy (non-hydrogen) atoms. The van der Waals surface area contributed by atoms with Gasteiger partial charge < -0.3 is 30.0 Å². The maximum atomic E-state index is 6.13. The molecule has 0 bridgehead atoms. The van der Waals surface area contributed by atoms with Gasteiger partial charge in [-0.05, 0) is 30.7 Å². The Morgan fingerprint density at radius 3 is 2.83 bits per heavy atom. The highest BCUT2D eigenvalue weighted by Crippen LogP contribution is 2.32. The van der Waals surface area contributed by atoms with Crippen LogP contribution in [0.4, 0.5) is 5.69 Å². The molecule has 7 heteroatoms. The molecule has 0 aromatic heterocycles. The van der Waals surface area contributed by atoms with Crippen molar-refractivity contribution in [3.05, 3.63) is 47.5 Å². The van der Waals surface area contributed by atoms with Crippen LogP contribution in [0.1, 0.15) is 24.0 Å². The molecule has 2 aromatic rings. The van der Waals surface area contributed by atoms with E-state index in [1.165, 1.54) is 0 Å². The first kappa shape index (κ1) is 19.4. The van der Waals surface area contributed by atoms with Gasteiger partial charge in [0.2, 0.25) is 0 Å². The molecule has 154 valence electrons. The average Bonchev–Trinajstić information content (AvgIpc) is 3.10. The van der Waals surface area contributed by atoms with Crippen LogP contribution in [0.3, 0.4) is 0 Å². The second-order valence-electron chi connectivity index (χ2n) is 7.25. The van der Waals surface area contributed by atoms with Gasteiger partial charge in [0.15, 0.2) is 17.5 Å². The van der Waals surface area contributed by atoms with Gasteiger partial charge in [-0.2, -0.15) is 0 Å². The van der Waals surface area contributed by atoms with Gasteiger partial charge >= 0.3 is 0 Å². The summed E-state index contributed by atoms with van der Waals surface area (Å²) in [5.74, 6) is 2.64. The molecule has 1 atom stereocenters. The molecule has 0 amide bonds. The van der Waals surface area contributed by atoms with Gasteiger partial charge in [0.25, 0.3) is 0 Å². The van der Waals surface area contributed by atoms with E-state index in [0.29, 0.717) is 38.1 Å². The standard InChI is InChI=1S/C22H27N3O4/c1-15-3-4-16(20(11-15)29-18-7-10-26-14-18)13-24-22(23)25-17-5-6-19-21(12-17)28-9-2-8-27-19/h3-6,11-12,18H,2,7-10,13-14H2,1H3,(H3,23,24,25). The molecule has 1 unspecified atom stereocenters. The van der Waals surface area contributed by atoms with Crippen molar-refractivity contribution in [2.24, 2.45) is 10.7 Å². The normalized spacial score (nSPS) is 18.9. The molecule has 7 nitrogen and oxygen atoms in total. The van der Waals surface area contributed by atoms with E-state index in [1.54, 1.807) is 0 Å². The molecule has 1 fully saturated rings. The first-order chi connectivity index (χ1) is 14.2. The predicted octanol–water partition coefficient (Wildman–Crippen LogP) is 3.25. The largest absolute Gasteiger partial charge is 0.490 e. The molecular formula is C22H27N3O4. The third kappa shape index (κ3) is 5.12. The zero-order chi connectivity index (χ0) is 20.1. The fraction of sp³-hybridized carbons (Fsp3) is 0.409. The molecule has 2 heterocycles. The van der Waals surface area contributed by atoms with E-state index in [4.69, 9.17) is 24.7 Å². The van der Waals surface area contributed by atoms with Gasteiger partial charge in [0.1, 0.15) is 11.9 Å². The van der Waals surface area contributed by atoms with Crippen LogP contribution in [-0.4, -0.2) is 38.5 Å². The number of nitrogens with one attached hydrogen (secondary N) is 1. The molecule has 0 spiro atoms. The zero-order valence-corrected chi connectivity index (χ0v) is 16.6. The summed E-state index contributed by atoms with van der Waals surface area (Å²) in [6.07, 6.45) is 1.87.